The predicted octanol–water partition coefficient (Wildman–Crippen LogP) is 1.06. The number of hydrogen-bond donors (Lipinski definition) is 1. The van der Waals surface area contributed by atoms with E-state index in [1.54, 1.807) is 0 Å². The van der Waals surface area contributed by atoms with Crippen LogP contribution in [0.25, 0.3) is 0 Å². The Labute approximate surface area is 110 Å². The Morgan fingerprint density at radius 3 is 2.67 bits per heavy atom. The van der Waals surface area contributed by atoms with Crippen molar-refractivity contribution >= 4 is 5.91 Å². The van der Waals surface area contributed by atoms with Crippen LogP contribution in [-0.2, 0) is 4.79 Å². The molecular formula is C14H27N3O. The Morgan fingerprint density at radius 1 is 1.28 bits per heavy atom. The topological polar surface area (TPSA) is 49.6 Å². The fraction of sp³-hybridized carbons (Fsp3) is 0.929. The molecule has 0 bridgehead atoms. The van der Waals surface area contributed by atoms with Crippen LogP contribution in [0.5, 0.6) is 0 Å². The maximum Gasteiger partial charge on any atom is 0.224 e. The molecule has 2 atom stereocenters. The third kappa shape index (κ3) is 3.95. The lowest BCUT2D eigenvalue weighted by Crippen LogP contribution is -2.37. The van der Waals surface area contributed by atoms with Gasteiger partial charge < -0.3 is 15.5 Å². The predicted molar refractivity (Wildman–Crippen MR) is 73.2 cm³/mol. The van der Waals surface area contributed by atoms with E-state index in [0.717, 1.165) is 13.1 Å². The summed E-state index contributed by atoms with van der Waals surface area (Å²) in [6.45, 7) is 7.47. The van der Waals surface area contributed by atoms with Gasteiger partial charge in [0.2, 0.25) is 5.91 Å². The van der Waals surface area contributed by atoms with Gasteiger partial charge in [0.1, 0.15) is 0 Å². The maximum atomic E-state index is 11.9. The number of amides is 1. The lowest BCUT2D eigenvalue weighted by Gasteiger charge is -2.29. The number of carbonyl (C=O) groups is 1. The first-order valence-electron chi connectivity index (χ1n) is 7.41. The molecule has 2 rings (SSSR count). The van der Waals surface area contributed by atoms with E-state index in [9.17, 15) is 4.79 Å². The largest absolute Gasteiger partial charge is 0.342 e. The number of rotatable bonds is 4. The highest BCUT2D eigenvalue weighted by Gasteiger charge is 2.28. The van der Waals surface area contributed by atoms with Gasteiger partial charge in [0.05, 0.1) is 0 Å². The summed E-state index contributed by atoms with van der Waals surface area (Å²) in [7, 11) is 0. The van der Waals surface area contributed by atoms with Gasteiger partial charge in [-0.3, -0.25) is 4.79 Å². The molecule has 0 aromatic rings. The lowest BCUT2D eigenvalue weighted by molar-refractivity contribution is -0.130. The van der Waals surface area contributed by atoms with E-state index in [-0.39, 0.29) is 11.9 Å². The van der Waals surface area contributed by atoms with Crippen molar-refractivity contribution in [1.29, 1.82) is 0 Å². The first-order valence-corrected chi connectivity index (χ1v) is 7.41. The molecule has 2 fully saturated rings. The highest BCUT2D eigenvalue weighted by Crippen LogP contribution is 2.20. The molecule has 0 aliphatic carbocycles. The van der Waals surface area contributed by atoms with Crippen molar-refractivity contribution in [3.05, 3.63) is 0 Å². The molecule has 2 heterocycles. The lowest BCUT2D eigenvalue weighted by atomic mass is 10.1. The van der Waals surface area contributed by atoms with Crippen molar-refractivity contribution in [3.8, 4) is 0 Å². The van der Waals surface area contributed by atoms with Crippen LogP contribution in [0, 0.1) is 5.92 Å². The molecule has 2 unspecified atom stereocenters. The molecule has 2 saturated heterocycles. The van der Waals surface area contributed by atoms with Gasteiger partial charge in [0.15, 0.2) is 0 Å². The zero-order valence-corrected chi connectivity index (χ0v) is 11.6. The van der Waals surface area contributed by atoms with E-state index >= 15 is 0 Å². The minimum absolute atomic E-state index is 0.0151. The number of nitrogens with zero attached hydrogens (tertiary/aromatic N) is 2. The average molecular weight is 253 g/mol. The summed E-state index contributed by atoms with van der Waals surface area (Å²) in [5.74, 6) is 0.922. The van der Waals surface area contributed by atoms with Crippen molar-refractivity contribution < 1.29 is 4.79 Å². The second-order valence-electron chi connectivity index (χ2n) is 6.04. The molecule has 104 valence electrons. The summed E-state index contributed by atoms with van der Waals surface area (Å²) in [5, 5.41) is 0. The van der Waals surface area contributed by atoms with Gasteiger partial charge in [-0.2, -0.15) is 0 Å². The third-order valence-corrected chi connectivity index (χ3v) is 4.10. The van der Waals surface area contributed by atoms with Crippen molar-refractivity contribution in [2.45, 2.75) is 45.1 Å². The maximum absolute atomic E-state index is 11.9. The van der Waals surface area contributed by atoms with Gasteiger partial charge in [-0.1, -0.05) is 6.42 Å². The van der Waals surface area contributed by atoms with Crippen LogP contribution < -0.4 is 5.73 Å². The fourth-order valence-electron chi connectivity index (χ4n) is 3.12. The first-order chi connectivity index (χ1) is 8.65. The zero-order chi connectivity index (χ0) is 13.0. The molecule has 18 heavy (non-hydrogen) atoms. The Hall–Kier alpha value is -0.610. The van der Waals surface area contributed by atoms with E-state index in [1.807, 2.05) is 11.8 Å². The van der Waals surface area contributed by atoms with Crippen LogP contribution in [0.3, 0.4) is 0 Å². The van der Waals surface area contributed by atoms with Gasteiger partial charge in [0.25, 0.3) is 0 Å². The number of hydrogen-bond acceptors (Lipinski definition) is 3. The van der Waals surface area contributed by atoms with E-state index < -0.39 is 0 Å². The van der Waals surface area contributed by atoms with E-state index in [0.29, 0.717) is 12.3 Å². The highest BCUT2D eigenvalue weighted by atomic mass is 16.2. The smallest absolute Gasteiger partial charge is 0.224 e. The molecule has 0 aromatic carbocycles. The van der Waals surface area contributed by atoms with Crippen LogP contribution in [0.15, 0.2) is 0 Å². The second-order valence-corrected chi connectivity index (χ2v) is 6.04. The quantitative estimate of drug-likeness (QED) is 0.815. The molecule has 4 heteroatoms. The Balaban J connectivity index is 1.72. The number of likely N-dealkylation sites (tertiary alicyclic amines) is 2. The van der Waals surface area contributed by atoms with Crippen LogP contribution in [0.2, 0.25) is 0 Å². The number of piperidine rings is 1. The molecule has 0 spiro atoms. The first kappa shape index (κ1) is 13.8. The summed E-state index contributed by atoms with van der Waals surface area (Å²) >= 11 is 0. The normalized spacial score (nSPS) is 27.4. The number of carbonyl (C=O) groups excluding carboxylic acids is 1. The molecule has 2 aliphatic rings. The minimum atomic E-state index is -0.0151. The Morgan fingerprint density at radius 2 is 2.00 bits per heavy atom. The molecular weight excluding hydrogens is 226 g/mol. The second kappa shape index (κ2) is 6.53. The number of nitrogens with two attached hydrogens (primary N) is 1. The Bertz CT molecular complexity index is 274. The van der Waals surface area contributed by atoms with Gasteiger partial charge >= 0.3 is 0 Å². The average Bonchev–Trinajstić information content (AvgIpc) is 2.78. The minimum Gasteiger partial charge on any atom is -0.342 e. The molecule has 0 aromatic heterocycles. The summed E-state index contributed by atoms with van der Waals surface area (Å²) in [5.41, 5.74) is 5.69. The van der Waals surface area contributed by atoms with E-state index in [1.165, 1.54) is 45.3 Å². The van der Waals surface area contributed by atoms with Crippen molar-refractivity contribution in [1.82, 2.24) is 9.80 Å². The summed E-state index contributed by atoms with van der Waals surface area (Å²) in [6.07, 6.45) is 5.75. The summed E-state index contributed by atoms with van der Waals surface area (Å²) < 4.78 is 0. The van der Waals surface area contributed by atoms with Gasteiger partial charge in [0, 0.05) is 32.1 Å². The standard InChI is InChI=1S/C14H27N3O/c1-12(15)9-14(18)17-8-5-13(11-17)10-16-6-3-2-4-7-16/h12-13H,2-11,15H2,1H3. The van der Waals surface area contributed by atoms with Gasteiger partial charge in [-0.15, -0.1) is 0 Å². The van der Waals surface area contributed by atoms with Crippen molar-refractivity contribution in [2.24, 2.45) is 11.7 Å². The van der Waals surface area contributed by atoms with Crippen LogP contribution in [-0.4, -0.2) is 54.5 Å². The van der Waals surface area contributed by atoms with E-state index in [4.69, 9.17) is 5.73 Å². The van der Waals surface area contributed by atoms with Gasteiger partial charge in [-0.25, -0.2) is 0 Å². The molecule has 0 saturated carbocycles. The van der Waals surface area contributed by atoms with Crippen LogP contribution in [0.4, 0.5) is 0 Å². The molecule has 2 aliphatic heterocycles. The highest BCUT2D eigenvalue weighted by molar-refractivity contribution is 5.77. The Kier molecular flexibility index (Phi) is 5.01. The monoisotopic (exact) mass is 253 g/mol. The summed E-state index contributed by atoms with van der Waals surface area (Å²) in [4.78, 5) is 16.5. The van der Waals surface area contributed by atoms with Crippen LogP contribution in [0.1, 0.15) is 39.0 Å². The molecule has 2 N–H and O–H groups in total. The summed E-state index contributed by atoms with van der Waals surface area (Å²) in [6, 6.07) is -0.0151. The fourth-order valence-corrected chi connectivity index (χ4v) is 3.12. The van der Waals surface area contributed by atoms with E-state index in [2.05, 4.69) is 4.90 Å². The van der Waals surface area contributed by atoms with Gasteiger partial charge in [-0.05, 0) is 45.2 Å². The van der Waals surface area contributed by atoms with Crippen LogP contribution >= 0.6 is 0 Å². The molecule has 0 radical (unpaired) electrons. The third-order valence-electron chi connectivity index (χ3n) is 4.10. The van der Waals surface area contributed by atoms with Crippen molar-refractivity contribution in [3.63, 3.8) is 0 Å². The van der Waals surface area contributed by atoms with Crippen molar-refractivity contribution in [2.75, 3.05) is 32.7 Å². The molecule has 1 amide bonds. The molecule has 4 nitrogen and oxygen atoms in total. The SMILES string of the molecule is CC(N)CC(=O)N1CCC(CN2CCCCC2)C1. The zero-order valence-electron chi connectivity index (χ0n) is 11.6.